The van der Waals surface area contributed by atoms with E-state index in [1.54, 1.807) is 7.11 Å². The van der Waals surface area contributed by atoms with E-state index >= 15 is 0 Å². The van der Waals surface area contributed by atoms with Crippen LogP contribution in [0.1, 0.15) is 11.3 Å². The third kappa shape index (κ3) is 2.91. The summed E-state index contributed by atoms with van der Waals surface area (Å²) in [7, 11) is 2.43. The summed E-state index contributed by atoms with van der Waals surface area (Å²) in [6.45, 7) is 7.39. The van der Waals surface area contributed by atoms with Gasteiger partial charge in [0, 0.05) is 25.1 Å². The van der Waals surface area contributed by atoms with Gasteiger partial charge in [-0.3, -0.25) is 0 Å². The van der Waals surface area contributed by atoms with Crippen LogP contribution in [0.2, 0.25) is 19.6 Å². The second kappa shape index (κ2) is 5.24. The maximum Gasteiger partial charge on any atom is 0.129 e. The van der Waals surface area contributed by atoms with Crippen molar-refractivity contribution in [2.45, 2.75) is 26.2 Å². The predicted molar refractivity (Wildman–Crippen MR) is 83.9 cm³/mol. The molecule has 0 saturated heterocycles. The van der Waals surface area contributed by atoms with Crippen LogP contribution in [0, 0.1) is 11.5 Å². The monoisotopic (exact) mass is 271 g/mol. The number of rotatable bonds is 2. The molecule has 0 saturated carbocycles. The number of hydrogen-bond donors (Lipinski definition) is 0. The molecule has 3 heteroatoms. The van der Waals surface area contributed by atoms with Gasteiger partial charge in [0.25, 0.3) is 0 Å². The van der Waals surface area contributed by atoms with Gasteiger partial charge in [0.2, 0.25) is 0 Å². The van der Waals surface area contributed by atoms with Gasteiger partial charge in [-0.15, -0.1) is 5.54 Å². The highest BCUT2D eigenvalue weighted by Crippen LogP contribution is 2.25. The Hall–Kier alpha value is -1.50. The summed E-state index contributed by atoms with van der Waals surface area (Å²) in [5, 5.41) is 1.22. The van der Waals surface area contributed by atoms with Crippen molar-refractivity contribution >= 4 is 19.0 Å². The summed E-state index contributed by atoms with van der Waals surface area (Å²) in [5.41, 5.74) is 6.97. The molecule has 0 aliphatic rings. The van der Waals surface area contributed by atoms with E-state index in [4.69, 9.17) is 4.74 Å². The standard InChI is InChI=1S/C16H21NOSi/c1-17-15-9-7-6-8-13(15)14(16(17)12-18-2)10-11-19(3,4)5/h6-9H,12H2,1-5H3. The lowest BCUT2D eigenvalue weighted by Gasteiger charge is -2.05. The fourth-order valence-corrected chi connectivity index (χ4v) is 2.64. The van der Waals surface area contributed by atoms with E-state index in [0.717, 1.165) is 11.3 Å². The molecular weight excluding hydrogens is 250 g/mol. The van der Waals surface area contributed by atoms with Gasteiger partial charge in [-0.1, -0.05) is 43.8 Å². The Morgan fingerprint density at radius 1 is 1.21 bits per heavy atom. The van der Waals surface area contributed by atoms with Crippen LogP contribution < -0.4 is 0 Å². The van der Waals surface area contributed by atoms with Gasteiger partial charge in [0.05, 0.1) is 17.9 Å². The fraction of sp³-hybridized carbons (Fsp3) is 0.375. The number of ether oxygens (including phenoxy) is 1. The van der Waals surface area contributed by atoms with Gasteiger partial charge in [-0.2, -0.15) is 0 Å². The molecule has 1 aromatic heterocycles. The van der Waals surface area contributed by atoms with Crippen LogP contribution in [0.15, 0.2) is 24.3 Å². The lowest BCUT2D eigenvalue weighted by Crippen LogP contribution is -2.16. The average molecular weight is 271 g/mol. The molecule has 0 fully saturated rings. The number of methoxy groups -OCH3 is 1. The molecule has 19 heavy (non-hydrogen) atoms. The molecule has 0 spiro atoms. The topological polar surface area (TPSA) is 14.2 Å². The number of para-hydroxylation sites is 1. The minimum Gasteiger partial charge on any atom is -0.378 e. The first-order valence-electron chi connectivity index (χ1n) is 6.52. The van der Waals surface area contributed by atoms with Gasteiger partial charge in [0.1, 0.15) is 8.07 Å². The summed E-state index contributed by atoms with van der Waals surface area (Å²) in [5.74, 6) is 3.41. The number of hydrogen-bond acceptors (Lipinski definition) is 1. The average Bonchev–Trinajstić information content (AvgIpc) is 2.61. The molecule has 2 rings (SSSR count). The molecule has 1 heterocycles. The molecule has 0 N–H and O–H groups in total. The highest BCUT2D eigenvalue weighted by Gasteiger charge is 2.14. The Morgan fingerprint density at radius 2 is 1.89 bits per heavy atom. The second-order valence-corrected chi connectivity index (χ2v) is 10.6. The first kappa shape index (κ1) is 13.9. The van der Waals surface area contributed by atoms with Gasteiger partial charge < -0.3 is 9.30 Å². The minimum absolute atomic E-state index is 0.598. The Kier molecular flexibility index (Phi) is 3.84. The van der Waals surface area contributed by atoms with Crippen LogP contribution in [0.5, 0.6) is 0 Å². The van der Waals surface area contributed by atoms with E-state index in [0.29, 0.717) is 6.61 Å². The van der Waals surface area contributed by atoms with Crippen molar-refractivity contribution in [3.8, 4) is 11.5 Å². The zero-order chi connectivity index (χ0) is 14.0. The molecule has 0 aliphatic carbocycles. The lowest BCUT2D eigenvalue weighted by molar-refractivity contribution is 0.179. The molecule has 0 atom stereocenters. The quantitative estimate of drug-likeness (QED) is 0.602. The van der Waals surface area contributed by atoms with Crippen LogP contribution in [0.3, 0.4) is 0 Å². The Morgan fingerprint density at radius 3 is 2.53 bits per heavy atom. The van der Waals surface area contributed by atoms with E-state index < -0.39 is 8.07 Å². The molecule has 2 aromatic rings. The first-order chi connectivity index (χ1) is 8.94. The fourth-order valence-electron chi connectivity index (χ4n) is 2.14. The van der Waals surface area contributed by atoms with E-state index in [-0.39, 0.29) is 0 Å². The van der Waals surface area contributed by atoms with E-state index in [9.17, 15) is 0 Å². The van der Waals surface area contributed by atoms with Crippen molar-refractivity contribution in [2.75, 3.05) is 7.11 Å². The summed E-state index contributed by atoms with van der Waals surface area (Å²) >= 11 is 0. The van der Waals surface area contributed by atoms with Crippen molar-refractivity contribution in [2.24, 2.45) is 7.05 Å². The maximum absolute atomic E-state index is 5.33. The molecule has 0 amide bonds. The third-order valence-corrected chi connectivity index (χ3v) is 3.95. The van der Waals surface area contributed by atoms with Crippen LogP contribution in [0.25, 0.3) is 10.9 Å². The van der Waals surface area contributed by atoms with Crippen molar-refractivity contribution in [3.05, 3.63) is 35.5 Å². The maximum atomic E-state index is 5.33. The van der Waals surface area contributed by atoms with Crippen LogP contribution in [0.4, 0.5) is 0 Å². The third-order valence-electron chi connectivity index (χ3n) is 3.07. The second-order valence-electron chi connectivity index (χ2n) is 5.83. The number of benzene rings is 1. The first-order valence-corrected chi connectivity index (χ1v) is 10.0. The highest BCUT2D eigenvalue weighted by atomic mass is 28.3. The smallest absolute Gasteiger partial charge is 0.129 e. The van der Waals surface area contributed by atoms with Crippen molar-refractivity contribution in [1.29, 1.82) is 0 Å². The molecule has 0 unspecified atom stereocenters. The number of fused-ring (bicyclic) bond motifs is 1. The summed E-state index contributed by atoms with van der Waals surface area (Å²) in [4.78, 5) is 0. The largest absolute Gasteiger partial charge is 0.378 e. The predicted octanol–water partition coefficient (Wildman–Crippen LogP) is 3.55. The van der Waals surface area contributed by atoms with E-state index in [1.807, 2.05) is 0 Å². The van der Waals surface area contributed by atoms with Crippen molar-refractivity contribution < 1.29 is 4.74 Å². The van der Waals surface area contributed by atoms with Crippen LogP contribution in [-0.4, -0.2) is 19.8 Å². The molecule has 0 bridgehead atoms. The molecular formula is C16H21NOSi. The SMILES string of the molecule is COCc1c(C#C[Si](C)(C)C)c2ccccc2n1C. The summed E-state index contributed by atoms with van der Waals surface area (Å²) in [6.07, 6.45) is 0. The van der Waals surface area contributed by atoms with Gasteiger partial charge in [-0.05, 0) is 6.07 Å². The molecule has 1 aromatic carbocycles. The molecule has 100 valence electrons. The van der Waals surface area contributed by atoms with E-state index in [2.05, 4.69) is 67.0 Å². The lowest BCUT2D eigenvalue weighted by atomic mass is 10.1. The molecule has 0 aliphatic heterocycles. The summed E-state index contributed by atoms with van der Waals surface area (Å²) < 4.78 is 7.52. The zero-order valence-electron chi connectivity index (χ0n) is 12.4. The van der Waals surface area contributed by atoms with Gasteiger partial charge >= 0.3 is 0 Å². The van der Waals surface area contributed by atoms with Gasteiger partial charge in [-0.25, -0.2) is 0 Å². The van der Waals surface area contributed by atoms with Crippen LogP contribution >= 0.6 is 0 Å². The molecule has 0 radical (unpaired) electrons. The minimum atomic E-state index is -1.38. The highest BCUT2D eigenvalue weighted by molar-refractivity contribution is 6.83. The van der Waals surface area contributed by atoms with Crippen molar-refractivity contribution in [1.82, 2.24) is 4.57 Å². The number of aromatic nitrogens is 1. The van der Waals surface area contributed by atoms with Gasteiger partial charge in [0.15, 0.2) is 0 Å². The summed E-state index contributed by atoms with van der Waals surface area (Å²) in [6, 6.07) is 8.41. The molecule has 2 nitrogen and oxygen atoms in total. The normalized spacial score (nSPS) is 11.4. The zero-order valence-corrected chi connectivity index (χ0v) is 13.4. The Labute approximate surface area is 116 Å². The van der Waals surface area contributed by atoms with E-state index in [1.165, 1.54) is 10.9 Å². The Balaban J connectivity index is 2.68. The van der Waals surface area contributed by atoms with Crippen molar-refractivity contribution in [3.63, 3.8) is 0 Å². The number of aryl methyl sites for hydroxylation is 1. The van der Waals surface area contributed by atoms with Crippen LogP contribution in [-0.2, 0) is 18.4 Å². The Bertz CT molecular complexity index is 653. The number of nitrogens with zero attached hydrogens (tertiary/aromatic N) is 1.